The fourth-order valence-electron chi connectivity index (χ4n) is 4.79. The normalized spacial score (nSPS) is 20.3. The van der Waals surface area contributed by atoms with E-state index in [1.54, 1.807) is 42.5 Å². The van der Waals surface area contributed by atoms with E-state index in [1.165, 1.54) is 0 Å². The summed E-state index contributed by atoms with van der Waals surface area (Å²) < 4.78 is 22.1. The number of anilines is 2. The van der Waals surface area contributed by atoms with Crippen LogP contribution in [0.25, 0.3) is 11.0 Å². The van der Waals surface area contributed by atoms with Gasteiger partial charge in [0.1, 0.15) is 23.1 Å². The molecule has 2 amide bonds. The Hall–Kier alpha value is -4.12. The molecule has 186 valence electrons. The Morgan fingerprint density at radius 1 is 1.19 bits per heavy atom. The summed E-state index contributed by atoms with van der Waals surface area (Å²) in [6, 6.07) is 8.96. The Balaban J connectivity index is 1.05. The number of carbonyl (C=O) groups is 2. The topological polar surface area (TPSA) is 124 Å². The maximum absolute atomic E-state index is 12.5. The van der Waals surface area contributed by atoms with Crippen LogP contribution in [0.2, 0.25) is 0 Å². The number of benzene rings is 1. The molecule has 2 aromatic heterocycles. The van der Waals surface area contributed by atoms with Gasteiger partial charge in [0.25, 0.3) is 5.91 Å². The van der Waals surface area contributed by atoms with Gasteiger partial charge in [0, 0.05) is 29.8 Å². The van der Waals surface area contributed by atoms with Gasteiger partial charge in [-0.15, -0.1) is 0 Å². The fourth-order valence-corrected chi connectivity index (χ4v) is 4.79. The van der Waals surface area contributed by atoms with Crippen LogP contribution in [-0.4, -0.2) is 68.0 Å². The first-order valence-corrected chi connectivity index (χ1v) is 11.8. The van der Waals surface area contributed by atoms with E-state index in [0.717, 1.165) is 35.3 Å². The van der Waals surface area contributed by atoms with Crippen LogP contribution >= 0.6 is 0 Å². The van der Waals surface area contributed by atoms with Gasteiger partial charge in [-0.05, 0) is 37.2 Å². The molecule has 0 bridgehead atoms. The number of cyclic esters (lactones) is 1. The zero-order valence-corrected chi connectivity index (χ0v) is 19.7. The molecule has 11 heteroatoms. The molecule has 2 atom stereocenters. The average Bonchev–Trinajstić information content (AvgIpc) is 3.49. The number of nitrogens with one attached hydrogen (secondary N) is 2. The van der Waals surface area contributed by atoms with E-state index in [4.69, 9.17) is 18.9 Å². The van der Waals surface area contributed by atoms with Gasteiger partial charge in [0.2, 0.25) is 5.88 Å². The Bertz CT molecular complexity index is 1350. The van der Waals surface area contributed by atoms with Crippen molar-refractivity contribution in [3.8, 4) is 17.4 Å². The molecular formula is C25H25N5O6. The monoisotopic (exact) mass is 491 g/mol. The largest absolute Gasteiger partial charge is 0.491 e. The molecule has 1 saturated heterocycles. The Morgan fingerprint density at radius 2 is 2.11 bits per heavy atom. The minimum atomic E-state index is -0.415. The molecule has 6 rings (SSSR count). The molecule has 11 nitrogen and oxygen atoms in total. The van der Waals surface area contributed by atoms with E-state index in [1.807, 2.05) is 6.07 Å². The summed E-state index contributed by atoms with van der Waals surface area (Å²) >= 11 is 0. The van der Waals surface area contributed by atoms with E-state index in [-0.39, 0.29) is 24.5 Å². The van der Waals surface area contributed by atoms with Crippen molar-refractivity contribution in [1.29, 1.82) is 0 Å². The molecule has 1 unspecified atom stereocenters. The predicted octanol–water partition coefficient (Wildman–Crippen LogP) is 2.45. The van der Waals surface area contributed by atoms with E-state index in [2.05, 4.69) is 20.6 Å². The van der Waals surface area contributed by atoms with Crippen LogP contribution in [0, 0.1) is 0 Å². The van der Waals surface area contributed by atoms with Crippen LogP contribution in [-0.2, 0) is 9.53 Å². The van der Waals surface area contributed by atoms with Gasteiger partial charge in [-0.1, -0.05) is 0 Å². The second kappa shape index (κ2) is 9.15. The maximum atomic E-state index is 12.5. The van der Waals surface area contributed by atoms with E-state index >= 15 is 0 Å². The second-order valence-corrected chi connectivity index (χ2v) is 8.89. The summed E-state index contributed by atoms with van der Waals surface area (Å²) in [6.07, 6.45) is 1.88. The third-order valence-electron chi connectivity index (χ3n) is 6.57. The molecule has 0 radical (unpaired) electrons. The summed E-state index contributed by atoms with van der Waals surface area (Å²) in [4.78, 5) is 34.7. The fraction of sp³-hybridized carbons (Fsp3) is 0.360. The van der Waals surface area contributed by atoms with Crippen molar-refractivity contribution in [2.75, 3.05) is 50.2 Å². The number of nitrogens with zero attached hydrogens (tertiary/aromatic N) is 3. The lowest BCUT2D eigenvalue weighted by Crippen LogP contribution is -2.32. The molecule has 1 aromatic carbocycles. The third-order valence-corrected chi connectivity index (χ3v) is 6.57. The van der Waals surface area contributed by atoms with Gasteiger partial charge >= 0.3 is 6.09 Å². The number of hydrogen-bond donors (Lipinski definition) is 2. The van der Waals surface area contributed by atoms with Crippen LogP contribution in [0.3, 0.4) is 0 Å². The average molecular weight is 492 g/mol. The number of fused-ring (bicyclic) bond motifs is 4. The zero-order chi connectivity index (χ0) is 24.6. The molecule has 0 aliphatic carbocycles. The van der Waals surface area contributed by atoms with Gasteiger partial charge < -0.3 is 29.6 Å². The van der Waals surface area contributed by atoms with Crippen molar-refractivity contribution in [1.82, 2.24) is 15.3 Å². The molecule has 1 fully saturated rings. The molecule has 36 heavy (non-hydrogen) atoms. The van der Waals surface area contributed by atoms with Crippen molar-refractivity contribution >= 4 is 34.4 Å². The molecule has 3 aromatic rings. The molecule has 0 spiro atoms. The minimum Gasteiger partial charge on any atom is -0.491 e. The number of amides is 2. The number of methoxy groups -OCH3 is 1. The van der Waals surface area contributed by atoms with Gasteiger partial charge in [0.05, 0.1) is 37.7 Å². The lowest BCUT2D eigenvalue weighted by molar-refractivity contribution is -0.118. The highest BCUT2D eigenvalue weighted by molar-refractivity contribution is 5.97. The third kappa shape index (κ3) is 4.11. The molecule has 3 aliphatic rings. The Morgan fingerprint density at radius 3 is 3.00 bits per heavy atom. The number of aromatic nitrogens is 2. The summed E-state index contributed by atoms with van der Waals surface area (Å²) in [5.74, 6) is 1.84. The van der Waals surface area contributed by atoms with Crippen molar-refractivity contribution in [2.24, 2.45) is 0 Å². The van der Waals surface area contributed by atoms with E-state index in [0.29, 0.717) is 42.7 Å². The SMILES string of the molecule is COc1ccc2ncc3c(c2n1)[C@@H](CCNCC1CN(c2ccc4c(c2)NC(=O)CO4)C(=O)O1)CO3. The summed E-state index contributed by atoms with van der Waals surface area (Å²) in [7, 11) is 1.59. The summed E-state index contributed by atoms with van der Waals surface area (Å²) in [5, 5.41) is 6.17. The van der Waals surface area contributed by atoms with Crippen LogP contribution in [0.15, 0.2) is 36.5 Å². The van der Waals surface area contributed by atoms with Gasteiger partial charge in [-0.25, -0.2) is 9.78 Å². The minimum absolute atomic E-state index is 0.0117. The highest BCUT2D eigenvalue weighted by Crippen LogP contribution is 2.39. The van der Waals surface area contributed by atoms with Crippen molar-refractivity contribution in [3.05, 3.63) is 42.1 Å². The standard InChI is InChI=1S/C25H25N5O6/c1-33-22-5-3-17-24(29-22)23-14(12-34-20(23)10-27-17)6-7-26-9-16-11-30(25(32)36-16)15-2-4-19-18(8-15)28-21(31)13-35-19/h2-5,8,10,14,16,26H,6-7,9,11-13H2,1H3,(H,28,31)/t14-,16?/m0/s1. The van der Waals surface area contributed by atoms with Crippen molar-refractivity contribution in [3.63, 3.8) is 0 Å². The highest BCUT2D eigenvalue weighted by Gasteiger charge is 2.33. The number of pyridine rings is 2. The van der Waals surface area contributed by atoms with Crippen LogP contribution in [0.1, 0.15) is 17.9 Å². The lowest BCUT2D eigenvalue weighted by Gasteiger charge is -2.20. The van der Waals surface area contributed by atoms with E-state index < -0.39 is 6.09 Å². The quantitative estimate of drug-likeness (QED) is 0.480. The first-order chi connectivity index (χ1) is 17.6. The van der Waals surface area contributed by atoms with Gasteiger partial charge in [-0.3, -0.25) is 14.7 Å². The van der Waals surface area contributed by atoms with Crippen molar-refractivity contribution < 1.29 is 28.5 Å². The predicted molar refractivity (Wildman–Crippen MR) is 130 cm³/mol. The zero-order valence-electron chi connectivity index (χ0n) is 19.7. The Labute approximate surface area is 206 Å². The first-order valence-electron chi connectivity index (χ1n) is 11.8. The number of hydrogen-bond acceptors (Lipinski definition) is 9. The molecule has 0 saturated carbocycles. The summed E-state index contributed by atoms with van der Waals surface area (Å²) in [6.45, 7) is 2.21. The number of carbonyl (C=O) groups excluding carboxylic acids is 2. The first kappa shape index (κ1) is 22.4. The van der Waals surface area contributed by atoms with Crippen LogP contribution in [0.5, 0.6) is 17.4 Å². The van der Waals surface area contributed by atoms with Gasteiger partial charge in [-0.2, -0.15) is 0 Å². The van der Waals surface area contributed by atoms with E-state index in [9.17, 15) is 9.59 Å². The molecular weight excluding hydrogens is 466 g/mol. The molecule has 3 aliphatic heterocycles. The lowest BCUT2D eigenvalue weighted by atomic mass is 9.97. The smallest absolute Gasteiger partial charge is 0.414 e. The number of ether oxygens (including phenoxy) is 4. The summed E-state index contributed by atoms with van der Waals surface area (Å²) in [5.41, 5.74) is 3.87. The maximum Gasteiger partial charge on any atom is 0.414 e. The Kier molecular flexibility index (Phi) is 5.68. The van der Waals surface area contributed by atoms with Crippen LogP contribution < -0.4 is 29.7 Å². The molecule has 2 N–H and O–H groups in total. The van der Waals surface area contributed by atoms with Crippen molar-refractivity contribution in [2.45, 2.75) is 18.4 Å². The number of rotatable bonds is 7. The van der Waals surface area contributed by atoms with Gasteiger partial charge in [0.15, 0.2) is 6.61 Å². The molecule has 5 heterocycles. The second-order valence-electron chi connectivity index (χ2n) is 8.89. The van der Waals surface area contributed by atoms with Crippen LogP contribution in [0.4, 0.5) is 16.2 Å². The highest BCUT2D eigenvalue weighted by atomic mass is 16.6.